The summed E-state index contributed by atoms with van der Waals surface area (Å²) >= 11 is 0. The lowest BCUT2D eigenvalue weighted by Crippen LogP contribution is -2.36. The number of aliphatic imine (C=N–C) groups is 1. The number of guanidine groups is 1. The lowest BCUT2D eigenvalue weighted by atomic mass is 9.86. The van der Waals surface area contributed by atoms with Gasteiger partial charge < -0.3 is 11.1 Å². The molecule has 2 aliphatic rings. The van der Waals surface area contributed by atoms with E-state index in [-0.39, 0.29) is 0 Å². The Kier molecular flexibility index (Phi) is 5.33. The number of rotatable bonds is 6. The monoisotopic (exact) mass is 300 g/mol. The van der Waals surface area contributed by atoms with Crippen LogP contribution in [0.4, 0.5) is 0 Å². The van der Waals surface area contributed by atoms with Crippen molar-refractivity contribution in [2.45, 2.75) is 38.6 Å². The topological polar surface area (TPSA) is 53.6 Å². The highest BCUT2D eigenvalue weighted by Gasteiger charge is 2.16. The molecule has 3 N–H and O–H groups in total. The van der Waals surface area contributed by atoms with E-state index in [0.29, 0.717) is 5.96 Å². The summed E-state index contributed by atoms with van der Waals surface area (Å²) in [6.45, 7) is 5.20. The van der Waals surface area contributed by atoms with Crippen LogP contribution in [0.2, 0.25) is 0 Å². The minimum atomic E-state index is 0.621. The van der Waals surface area contributed by atoms with Gasteiger partial charge in [-0.05, 0) is 42.7 Å². The lowest BCUT2D eigenvalue weighted by Gasteiger charge is -2.28. The van der Waals surface area contributed by atoms with Gasteiger partial charge in [0, 0.05) is 32.7 Å². The first-order valence-corrected chi connectivity index (χ1v) is 8.64. The quantitative estimate of drug-likeness (QED) is 0.481. The van der Waals surface area contributed by atoms with Crippen LogP contribution in [0.25, 0.3) is 0 Å². The van der Waals surface area contributed by atoms with Crippen LogP contribution in [0.5, 0.6) is 0 Å². The van der Waals surface area contributed by atoms with Crippen LogP contribution in [-0.4, -0.2) is 37.0 Å². The highest BCUT2D eigenvalue weighted by Crippen LogP contribution is 2.26. The first-order chi connectivity index (χ1) is 10.8. The van der Waals surface area contributed by atoms with E-state index < -0.39 is 0 Å². The normalized spacial score (nSPS) is 19.5. The molecule has 0 amide bonds. The fourth-order valence-electron chi connectivity index (χ4n) is 3.22. The van der Waals surface area contributed by atoms with Crippen molar-refractivity contribution in [3.63, 3.8) is 0 Å². The molecule has 1 fully saturated rings. The third-order valence-corrected chi connectivity index (χ3v) is 4.91. The largest absolute Gasteiger partial charge is 0.370 e. The van der Waals surface area contributed by atoms with Crippen molar-refractivity contribution < 1.29 is 0 Å². The van der Waals surface area contributed by atoms with E-state index in [4.69, 9.17) is 5.73 Å². The second-order valence-corrected chi connectivity index (χ2v) is 6.60. The van der Waals surface area contributed by atoms with E-state index >= 15 is 0 Å². The molecule has 120 valence electrons. The maximum Gasteiger partial charge on any atom is 0.188 e. The maximum absolute atomic E-state index is 5.91. The van der Waals surface area contributed by atoms with Gasteiger partial charge in [0.25, 0.3) is 0 Å². The number of hydrogen-bond acceptors (Lipinski definition) is 2. The third kappa shape index (κ3) is 4.23. The zero-order valence-electron chi connectivity index (χ0n) is 13.4. The van der Waals surface area contributed by atoms with Gasteiger partial charge in [0.2, 0.25) is 0 Å². The number of nitrogens with zero attached hydrogens (tertiary/aromatic N) is 2. The molecule has 1 heterocycles. The van der Waals surface area contributed by atoms with Gasteiger partial charge in [-0.1, -0.05) is 30.7 Å². The molecule has 22 heavy (non-hydrogen) atoms. The summed E-state index contributed by atoms with van der Waals surface area (Å²) in [7, 11) is 0. The van der Waals surface area contributed by atoms with Crippen LogP contribution in [0, 0.1) is 5.92 Å². The molecule has 1 aliphatic heterocycles. The van der Waals surface area contributed by atoms with E-state index in [0.717, 1.165) is 38.5 Å². The molecule has 4 heteroatoms. The smallest absolute Gasteiger partial charge is 0.188 e. The summed E-state index contributed by atoms with van der Waals surface area (Å²) in [4.78, 5) is 6.96. The fourth-order valence-corrected chi connectivity index (χ4v) is 3.22. The minimum absolute atomic E-state index is 0.621. The van der Waals surface area contributed by atoms with E-state index in [2.05, 4.69) is 39.5 Å². The Labute approximate surface area is 133 Å². The highest BCUT2D eigenvalue weighted by molar-refractivity contribution is 5.77. The Balaban J connectivity index is 1.32. The first-order valence-electron chi connectivity index (χ1n) is 8.64. The second kappa shape index (κ2) is 7.63. The molecule has 0 atom stereocenters. The zero-order valence-corrected chi connectivity index (χ0v) is 13.4. The van der Waals surface area contributed by atoms with Gasteiger partial charge in [-0.25, -0.2) is 0 Å². The average molecular weight is 300 g/mol. The highest BCUT2D eigenvalue weighted by atomic mass is 15.1. The van der Waals surface area contributed by atoms with Crippen LogP contribution in [0.15, 0.2) is 29.3 Å². The van der Waals surface area contributed by atoms with E-state index in [1.165, 1.54) is 43.4 Å². The summed E-state index contributed by atoms with van der Waals surface area (Å²) in [5, 5.41) is 3.25. The lowest BCUT2D eigenvalue weighted by molar-refractivity contribution is 0.251. The standard InChI is InChI=1S/C18H28N4/c19-18(21-13-15-5-3-6-15)20-10-4-11-22-12-9-16-7-1-2-8-17(16)14-22/h1-2,7-8,15H,3-6,9-14H2,(H3,19,20,21). The second-order valence-electron chi connectivity index (χ2n) is 6.60. The average Bonchev–Trinajstić information content (AvgIpc) is 2.50. The third-order valence-electron chi connectivity index (χ3n) is 4.91. The van der Waals surface area contributed by atoms with Crippen LogP contribution in [-0.2, 0) is 13.0 Å². The van der Waals surface area contributed by atoms with Gasteiger partial charge >= 0.3 is 0 Å². The van der Waals surface area contributed by atoms with Crippen molar-refractivity contribution >= 4 is 5.96 Å². The molecule has 0 bridgehead atoms. The van der Waals surface area contributed by atoms with Gasteiger partial charge in [-0.15, -0.1) is 0 Å². The summed E-state index contributed by atoms with van der Waals surface area (Å²) in [6.07, 6.45) is 6.31. The molecule has 0 spiro atoms. The summed E-state index contributed by atoms with van der Waals surface area (Å²) < 4.78 is 0. The Morgan fingerprint density at radius 2 is 2.09 bits per heavy atom. The van der Waals surface area contributed by atoms with Crippen LogP contribution in [0.1, 0.15) is 36.8 Å². The van der Waals surface area contributed by atoms with Gasteiger partial charge in [-0.3, -0.25) is 9.89 Å². The molecule has 3 rings (SSSR count). The molecule has 1 aromatic rings. The molecule has 0 unspecified atom stereocenters. The van der Waals surface area contributed by atoms with Crippen molar-refractivity contribution in [3.8, 4) is 0 Å². The molecular formula is C18H28N4. The predicted octanol–water partition coefficient (Wildman–Crippen LogP) is 2.14. The number of nitrogens with one attached hydrogen (secondary N) is 1. The molecule has 0 aromatic heterocycles. The molecule has 0 saturated heterocycles. The van der Waals surface area contributed by atoms with Gasteiger partial charge in [0.15, 0.2) is 5.96 Å². The molecule has 1 aromatic carbocycles. The zero-order chi connectivity index (χ0) is 15.2. The Morgan fingerprint density at radius 1 is 1.27 bits per heavy atom. The number of benzene rings is 1. The SMILES string of the molecule is NC(=NCC1CCC1)NCCCN1CCc2ccccc2C1. The van der Waals surface area contributed by atoms with Gasteiger partial charge in [-0.2, -0.15) is 0 Å². The van der Waals surface area contributed by atoms with Crippen molar-refractivity contribution in [3.05, 3.63) is 35.4 Å². The number of nitrogens with two attached hydrogens (primary N) is 1. The van der Waals surface area contributed by atoms with E-state index in [9.17, 15) is 0 Å². The van der Waals surface area contributed by atoms with Crippen molar-refractivity contribution in [1.82, 2.24) is 10.2 Å². The van der Waals surface area contributed by atoms with Crippen LogP contribution < -0.4 is 11.1 Å². The molecule has 1 saturated carbocycles. The first kappa shape index (κ1) is 15.3. The van der Waals surface area contributed by atoms with Gasteiger partial charge in [0.05, 0.1) is 0 Å². The molecule has 4 nitrogen and oxygen atoms in total. The van der Waals surface area contributed by atoms with Crippen molar-refractivity contribution in [2.24, 2.45) is 16.6 Å². The summed E-state index contributed by atoms with van der Waals surface area (Å²) in [6, 6.07) is 8.80. The Hall–Kier alpha value is -1.55. The summed E-state index contributed by atoms with van der Waals surface area (Å²) in [5.41, 5.74) is 8.92. The molecular weight excluding hydrogens is 272 g/mol. The van der Waals surface area contributed by atoms with Crippen molar-refractivity contribution in [2.75, 3.05) is 26.2 Å². The minimum Gasteiger partial charge on any atom is -0.370 e. The van der Waals surface area contributed by atoms with Gasteiger partial charge in [0.1, 0.15) is 0 Å². The molecule has 0 radical (unpaired) electrons. The van der Waals surface area contributed by atoms with Crippen molar-refractivity contribution in [1.29, 1.82) is 0 Å². The Bertz CT molecular complexity index is 508. The van der Waals surface area contributed by atoms with E-state index in [1.54, 1.807) is 0 Å². The summed E-state index contributed by atoms with van der Waals surface area (Å²) in [5.74, 6) is 1.41. The maximum atomic E-state index is 5.91. The number of fused-ring (bicyclic) bond motifs is 1. The van der Waals surface area contributed by atoms with E-state index in [1.807, 2.05) is 0 Å². The number of hydrogen-bond donors (Lipinski definition) is 2. The van der Waals surface area contributed by atoms with Crippen LogP contribution in [0.3, 0.4) is 0 Å². The fraction of sp³-hybridized carbons (Fsp3) is 0.611. The Morgan fingerprint density at radius 3 is 2.86 bits per heavy atom. The predicted molar refractivity (Wildman–Crippen MR) is 91.9 cm³/mol. The molecule has 1 aliphatic carbocycles. The van der Waals surface area contributed by atoms with Crippen LogP contribution >= 0.6 is 0 Å².